The van der Waals surface area contributed by atoms with E-state index in [-0.39, 0.29) is 11.6 Å². The standard InChI is InChI=1S/C15H14N2O4/c18-17(19)13-6-4-11(5-7-13)15-20-9-12(10-21-15)14-3-1-2-8-16-14/h1-8,12,15H,9-10H2. The summed E-state index contributed by atoms with van der Waals surface area (Å²) >= 11 is 0. The minimum atomic E-state index is -0.481. The number of ether oxygens (including phenoxy) is 2. The van der Waals surface area contributed by atoms with Crippen molar-refractivity contribution in [2.45, 2.75) is 12.2 Å². The van der Waals surface area contributed by atoms with Gasteiger partial charge in [-0.15, -0.1) is 0 Å². The van der Waals surface area contributed by atoms with Gasteiger partial charge in [-0.05, 0) is 24.3 Å². The molecule has 3 rings (SSSR count). The second kappa shape index (κ2) is 5.99. The molecule has 1 aliphatic rings. The monoisotopic (exact) mass is 286 g/mol. The predicted octanol–water partition coefficient (Wildman–Crippen LogP) is 2.82. The average molecular weight is 286 g/mol. The van der Waals surface area contributed by atoms with Gasteiger partial charge in [0.05, 0.1) is 18.1 Å². The minimum absolute atomic E-state index is 0.0564. The summed E-state index contributed by atoms with van der Waals surface area (Å²) in [5.41, 5.74) is 1.78. The van der Waals surface area contributed by atoms with Gasteiger partial charge in [0.15, 0.2) is 6.29 Å². The van der Waals surface area contributed by atoms with Gasteiger partial charge in [0.2, 0.25) is 0 Å². The molecule has 0 unspecified atom stereocenters. The van der Waals surface area contributed by atoms with Gasteiger partial charge in [-0.25, -0.2) is 0 Å². The molecular weight excluding hydrogens is 272 g/mol. The van der Waals surface area contributed by atoms with Gasteiger partial charge in [-0.2, -0.15) is 0 Å². The van der Waals surface area contributed by atoms with Crippen LogP contribution < -0.4 is 0 Å². The maximum atomic E-state index is 10.6. The Kier molecular flexibility index (Phi) is 3.89. The van der Waals surface area contributed by atoms with E-state index in [9.17, 15) is 10.1 Å². The quantitative estimate of drug-likeness (QED) is 0.640. The molecule has 21 heavy (non-hydrogen) atoms. The second-order valence-corrected chi connectivity index (χ2v) is 4.80. The number of pyridine rings is 1. The van der Waals surface area contributed by atoms with Crippen LogP contribution in [0.1, 0.15) is 23.5 Å². The number of nitro groups is 1. The highest BCUT2D eigenvalue weighted by Crippen LogP contribution is 2.29. The normalized spacial score (nSPS) is 21.9. The van der Waals surface area contributed by atoms with Crippen molar-refractivity contribution in [2.24, 2.45) is 0 Å². The number of hydrogen-bond donors (Lipinski definition) is 0. The van der Waals surface area contributed by atoms with Gasteiger partial charge in [-0.3, -0.25) is 15.1 Å². The van der Waals surface area contributed by atoms with Crippen LogP contribution in [0, 0.1) is 10.1 Å². The summed E-state index contributed by atoms with van der Waals surface area (Å²) < 4.78 is 11.4. The van der Waals surface area contributed by atoms with Crippen molar-refractivity contribution in [1.82, 2.24) is 4.98 Å². The van der Waals surface area contributed by atoms with Crippen molar-refractivity contribution in [3.63, 3.8) is 0 Å². The first-order valence-corrected chi connectivity index (χ1v) is 6.62. The van der Waals surface area contributed by atoms with Crippen molar-refractivity contribution in [1.29, 1.82) is 0 Å². The Morgan fingerprint density at radius 1 is 1.10 bits per heavy atom. The van der Waals surface area contributed by atoms with Crippen LogP contribution in [0.15, 0.2) is 48.7 Å². The van der Waals surface area contributed by atoms with Gasteiger partial charge in [0, 0.05) is 35.5 Å². The Labute approximate surface area is 121 Å². The smallest absolute Gasteiger partial charge is 0.269 e. The van der Waals surface area contributed by atoms with Gasteiger partial charge < -0.3 is 9.47 Å². The number of nitro benzene ring substituents is 1. The van der Waals surface area contributed by atoms with Crippen molar-refractivity contribution in [3.05, 3.63) is 70.0 Å². The first-order chi connectivity index (χ1) is 10.2. The topological polar surface area (TPSA) is 74.5 Å². The van der Waals surface area contributed by atoms with Crippen molar-refractivity contribution < 1.29 is 14.4 Å². The summed E-state index contributed by atoms with van der Waals surface area (Å²) in [5.74, 6) is 0.112. The molecule has 1 fully saturated rings. The molecule has 0 saturated carbocycles. The van der Waals surface area contributed by atoms with E-state index in [2.05, 4.69) is 4.98 Å². The highest BCUT2D eigenvalue weighted by atomic mass is 16.7. The molecule has 108 valence electrons. The molecule has 0 aliphatic carbocycles. The first kappa shape index (κ1) is 13.7. The van der Waals surface area contributed by atoms with E-state index in [1.165, 1.54) is 12.1 Å². The van der Waals surface area contributed by atoms with E-state index in [4.69, 9.17) is 9.47 Å². The first-order valence-electron chi connectivity index (χ1n) is 6.62. The fourth-order valence-electron chi connectivity index (χ4n) is 2.24. The lowest BCUT2D eigenvalue weighted by Crippen LogP contribution is -2.26. The zero-order chi connectivity index (χ0) is 14.7. The van der Waals surface area contributed by atoms with Crippen LogP contribution in [-0.2, 0) is 9.47 Å². The summed E-state index contributed by atoms with van der Waals surface area (Å²) in [4.78, 5) is 14.5. The number of nitrogens with zero attached hydrogens (tertiary/aromatic N) is 2. The molecule has 0 radical (unpaired) electrons. The fourth-order valence-corrected chi connectivity index (χ4v) is 2.24. The number of benzene rings is 1. The van der Waals surface area contributed by atoms with E-state index < -0.39 is 11.2 Å². The highest BCUT2D eigenvalue weighted by Gasteiger charge is 2.25. The predicted molar refractivity (Wildman–Crippen MR) is 74.7 cm³/mol. The largest absolute Gasteiger partial charge is 0.348 e. The summed E-state index contributed by atoms with van der Waals surface area (Å²) in [6.45, 7) is 1.03. The van der Waals surface area contributed by atoms with E-state index in [0.717, 1.165) is 11.3 Å². The molecule has 0 N–H and O–H groups in total. The van der Waals surface area contributed by atoms with Crippen LogP contribution in [0.3, 0.4) is 0 Å². The van der Waals surface area contributed by atoms with Crippen LogP contribution in [0.4, 0.5) is 5.69 Å². The molecule has 1 aromatic heterocycles. The van der Waals surface area contributed by atoms with Crippen molar-refractivity contribution in [3.8, 4) is 0 Å². The van der Waals surface area contributed by atoms with Gasteiger partial charge in [0.1, 0.15) is 0 Å². The van der Waals surface area contributed by atoms with E-state index in [1.807, 2.05) is 18.2 Å². The third-order valence-corrected chi connectivity index (χ3v) is 3.38. The van der Waals surface area contributed by atoms with Crippen molar-refractivity contribution in [2.75, 3.05) is 13.2 Å². The summed E-state index contributed by atoms with van der Waals surface area (Å²) in [5, 5.41) is 10.6. The second-order valence-electron chi connectivity index (χ2n) is 4.80. The molecule has 0 spiro atoms. The van der Waals surface area contributed by atoms with Crippen molar-refractivity contribution >= 4 is 5.69 Å². The van der Waals surface area contributed by atoms with Crippen LogP contribution in [-0.4, -0.2) is 23.1 Å². The Hall–Kier alpha value is -2.31. The molecule has 0 bridgehead atoms. The Morgan fingerprint density at radius 2 is 1.81 bits per heavy atom. The molecule has 2 aromatic rings. The molecule has 6 nitrogen and oxygen atoms in total. The summed E-state index contributed by atoms with van der Waals surface area (Å²) in [6.07, 6.45) is 1.27. The minimum Gasteiger partial charge on any atom is -0.348 e. The molecule has 2 heterocycles. The average Bonchev–Trinajstić information content (AvgIpc) is 2.56. The molecule has 1 aliphatic heterocycles. The number of hydrogen-bond acceptors (Lipinski definition) is 5. The molecule has 0 atom stereocenters. The zero-order valence-electron chi connectivity index (χ0n) is 11.2. The summed E-state index contributed by atoms with van der Waals surface area (Å²) in [7, 11) is 0. The third kappa shape index (κ3) is 3.07. The van der Waals surface area contributed by atoms with E-state index >= 15 is 0 Å². The van der Waals surface area contributed by atoms with E-state index in [0.29, 0.717) is 13.2 Å². The lowest BCUT2D eigenvalue weighted by atomic mass is 10.1. The number of aromatic nitrogens is 1. The molecule has 0 amide bonds. The lowest BCUT2D eigenvalue weighted by Gasteiger charge is -2.29. The number of non-ortho nitro benzene ring substituents is 1. The lowest BCUT2D eigenvalue weighted by molar-refractivity contribution is -0.384. The summed E-state index contributed by atoms with van der Waals surface area (Å²) in [6, 6.07) is 12.0. The third-order valence-electron chi connectivity index (χ3n) is 3.38. The maximum absolute atomic E-state index is 10.6. The van der Waals surface area contributed by atoms with Crippen LogP contribution in [0.5, 0.6) is 0 Å². The molecule has 6 heteroatoms. The molecular formula is C15H14N2O4. The van der Waals surface area contributed by atoms with Gasteiger partial charge in [-0.1, -0.05) is 6.07 Å². The Morgan fingerprint density at radius 3 is 2.38 bits per heavy atom. The maximum Gasteiger partial charge on any atom is 0.269 e. The fraction of sp³-hybridized carbons (Fsp3) is 0.267. The Bertz CT molecular complexity index is 607. The van der Waals surface area contributed by atoms with E-state index in [1.54, 1.807) is 18.3 Å². The number of rotatable bonds is 3. The zero-order valence-corrected chi connectivity index (χ0v) is 11.2. The molecule has 1 aromatic carbocycles. The highest BCUT2D eigenvalue weighted by molar-refractivity contribution is 5.33. The molecule has 1 saturated heterocycles. The van der Waals surface area contributed by atoms with Gasteiger partial charge >= 0.3 is 0 Å². The van der Waals surface area contributed by atoms with Crippen LogP contribution in [0.25, 0.3) is 0 Å². The van der Waals surface area contributed by atoms with Crippen LogP contribution in [0.2, 0.25) is 0 Å². The van der Waals surface area contributed by atoms with Gasteiger partial charge in [0.25, 0.3) is 5.69 Å². The Balaban J connectivity index is 1.64. The SMILES string of the molecule is O=[N+]([O-])c1ccc(C2OCC(c3ccccn3)CO2)cc1. The van der Waals surface area contributed by atoms with Crippen LogP contribution >= 0.6 is 0 Å².